The fourth-order valence-electron chi connectivity index (χ4n) is 1.21. The number of nitrogens with zero attached hydrogens (tertiary/aromatic N) is 2. The topological polar surface area (TPSA) is 35.0 Å². The van der Waals surface area contributed by atoms with Gasteiger partial charge in [0.15, 0.2) is 0 Å². The van der Waals surface area contributed by atoms with Crippen LogP contribution in [0.4, 0.5) is 0 Å². The largest absolute Gasteiger partial charge is 0.494 e. The molecule has 2 aromatic rings. The molecule has 0 spiro atoms. The maximum absolute atomic E-state index is 5.96. The first-order valence-electron chi connectivity index (χ1n) is 3.87. The molecule has 0 saturated carbocycles. The van der Waals surface area contributed by atoms with Crippen LogP contribution >= 0.6 is 23.2 Å². The summed E-state index contributed by atoms with van der Waals surface area (Å²) in [7, 11) is 1.57. The lowest BCUT2D eigenvalue weighted by Crippen LogP contribution is -1.90. The van der Waals surface area contributed by atoms with Crippen molar-refractivity contribution >= 4 is 34.1 Å². The van der Waals surface area contributed by atoms with Crippen molar-refractivity contribution in [2.45, 2.75) is 0 Å². The van der Waals surface area contributed by atoms with Gasteiger partial charge in [-0.15, -0.1) is 0 Å². The van der Waals surface area contributed by atoms with Gasteiger partial charge in [-0.3, -0.25) is 0 Å². The van der Waals surface area contributed by atoms with E-state index in [-0.39, 0.29) is 5.28 Å². The average Bonchev–Trinajstić information content (AvgIpc) is 2.18. The summed E-state index contributed by atoms with van der Waals surface area (Å²) in [4.78, 5) is 7.91. The Labute approximate surface area is 90.6 Å². The number of hydrogen-bond acceptors (Lipinski definition) is 3. The molecule has 0 bridgehead atoms. The Hall–Kier alpha value is -1.06. The van der Waals surface area contributed by atoms with Crippen molar-refractivity contribution in [2.75, 3.05) is 7.11 Å². The van der Waals surface area contributed by atoms with E-state index >= 15 is 0 Å². The molecule has 1 aromatic heterocycles. The SMILES string of the molecule is COc1ccc(Cl)c2cnc(Cl)nc12. The van der Waals surface area contributed by atoms with E-state index in [1.165, 1.54) is 0 Å². The van der Waals surface area contributed by atoms with Gasteiger partial charge in [0.1, 0.15) is 11.3 Å². The number of ether oxygens (including phenoxy) is 1. The van der Waals surface area contributed by atoms with Gasteiger partial charge in [0.2, 0.25) is 5.28 Å². The van der Waals surface area contributed by atoms with Gasteiger partial charge in [-0.2, -0.15) is 0 Å². The van der Waals surface area contributed by atoms with E-state index in [1.807, 2.05) is 0 Å². The van der Waals surface area contributed by atoms with E-state index < -0.39 is 0 Å². The highest BCUT2D eigenvalue weighted by molar-refractivity contribution is 6.35. The lowest BCUT2D eigenvalue weighted by molar-refractivity contribution is 0.419. The van der Waals surface area contributed by atoms with E-state index in [4.69, 9.17) is 27.9 Å². The Morgan fingerprint density at radius 3 is 2.79 bits per heavy atom. The summed E-state index contributed by atoms with van der Waals surface area (Å²) in [6.07, 6.45) is 1.58. The summed E-state index contributed by atoms with van der Waals surface area (Å²) in [6, 6.07) is 3.48. The number of benzene rings is 1. The molecule has 1 aromatic carbocycles. The fraction of sp³-hybridized carbons (Fsp3) is 0.111. The van der Waals surface area contributed by atoms with Crippen LogP contribution in [-0.4, -0.2) is 17.1 Å². The van der Waals surface area contributed by atoms with Crippen molar-refractivity contribution in [3.05, 3.63) is 28.6 Å². The molecule has 0 atom stereocenters. The van der Waals surface area contributed by atoms with Crippen molar-refractivity contribution in [3.8, 4) is 5.75 Å². The predicted molar refractivity (Wildman–Crippen MR) is 56.1 cm³/mol. The Balaban J connectivity index is 2.85. The number of rotatable bonds is 1. The van der Waals surface area contributed by atoms with E-state index in [0.717, 1.165) is 5.39 Å². The number of fused-ring (bicyclic) bond motifs is 1. The molecule has 1 heterocycles. The van der Waals surface area contributed by atoms with E-state index in [1.54, 1.807) is 25.4 Å². The Bertz CT molecular complexity index is 487. The molecule has 0 aliphatic rings. The molecule has 14 heavy (non-hydrogen) atoms. The molecule has 0 radical (unpaired) electrons. The molecular formula is C9H6Cl2N2O. The van der Waals surface area contributed by atoms with Crippen LogP contribution < -0.4 is 4.74 Å². The van der Waals surface area contributed by atoms with E-state index in [0.29, 0.717) is 16.3 Å². The summed E-state index contributed by atoms with van der Waals surface area (Å²) >= 11 is 11.6. The lowest BCUT2D eigenvalue weighted by atomic mass is 10.2. The molecule has 0 unspecified atom stereocenters. The minimum atomic E-state index is 0.179. The molecule has 0 aliphatic heterocycles. The van der Waals surface area contributed by atoms with Gasteiger partial charge in [-0.25, -0.2) is 9.97 Å². The van der Waals surface area contributed by atoms with Gasteiger partial charge < -0.3 is 4.74 Å². The normalized spacial score (nSPS) is 10.5. The molecular weight excluding hydrogens is 223 g/mol. The quantitative estimate of drug-likeness (QED) is 0.705. The molecule has 0 N–H and O–H groups in total. The molecule has 0 saturated heterocycles. The zero-order valence-corrected chi connectivity index (χ0v) is 8.80. The summed E-state index contributed by atoms with van der Waals surface area (Å²) in [6.45, 7) is 0. The maximum Gasteiger partial charge on any atom is 0.223 e. The first-order valence-corrected chi connectivity index (χ1v) is 4.62. The minimum Gasteiger partial charge on any atom is -0.494 e. The zero-order chi connectivity index (χ0) is 10.1. The molecule has 3 nitrogen and oxygen atoms in total. The van der Waals surface area contributed by atoms with Crippen LogP contribution in [0.15, 0.2) is 18.3 Å². The highest BCUT2D eigenvalue weighted by atomic mass is 35.5. The standard InChI is InChI=1S/C9H6Cl2N2O/c1-14-7-3-2-6(10)5-4-12-9(11)13-8(5)7/h2-4H,1H3. The predicted octanol–water partition coefficient (Wildman–Crippen LogP) is 2.95. The van der Waals surface area contributed by atoms with Crippen LogP contribution in [0, 0.1) is 0 Å². The Morgan fingerprint density at radius 2 is 2.07 bits per heavy atom. The molecule has 0 amide bonds. The third-order valence-electron chi connectivity index (χ3n) is 1.85. The molecule has 5 heteroatoms. The average molecular weight is 229 g/mol. The van der Waals surface area contributed by atoms with Crippen molar-refractivity contribution in [1.29, 1.82) is 0 Å². The van der Waals surface area contributed by atoms with Gasteiger partial charge in [-0.1, -0.05) is 11.6 Å². The first kappa shape index (κ1) is 9.49. The van der Waals surface area contributed by atoms with Gasteiger partial charge in [0, 0.05) is 11.6 Å². The Kier molecular flexibility index (Phi) is 2.44. The number of hydrogen-bond donors (Lipinski definition) is 0. The highest BCUT2D eigenvalue weighted by Crippen LogP contribution is 2.29. The third-order valence-corrected chi connectivity index (χ3v) is 2.36. The summed E-state index contributed by atoms with van der Waals surface area (Å²) in [5.74, 6) is 0.633. The van der Waals surface area contributed by atoms with Crippen LogP contribution in [0.1, 0.15) is 0 Å². The number of methoxy groups -OCH3 is 1. The second kappa shape index (κ2) is 3.59. The van der Waals surface area contributed by atoms with Crippen LogP contribution in [0.25, 0.3) is 10.9 Å². The van der Waals surface area contributed by atoms with E-state index in [9.17, 15) is 0 Å². The van der Waals surface area contributed by atoms with Gasteiger partial charge in [-0.05, 0) is 23.7 Å². The van der Waals surface area contributed by atoms with Crippen LogP contribution in [-0.2, 0) is 0 Å². The summed E-state index contributed by atoms with van der Waals surface area (Å²) in [5.41, 5.74) is 0.625. The van der Waals surface area contributed by atoms with Crippen LogP contribution in [0.3, 0.4) is 0 Å². The molecule has 72 valence electrons. The third kappa shape index (κ3) is 1.49. The van der Waals surface area contributed by atoms with Crippen molar-refractivity contribution in [3.63, 3.8) is 0 Å². The second-order valence-electron chi connectivity index (χ2n) is 2.65. The van der Waals surface area contributed by atoms with E-state index in [2.05, 4.69) is 9.97 Å². The number of halogens is 2. The van der Waals surface area contributed by atoms with Gasteiger partial charge >= 0.3 is 0 Å². The smallest absolute Gasteiger partial charge is 0.223 e. The second-order valence-corrected chi connectivity index (χ2v) is 3.40. The minimum absolute atomic E-state index is 0.179. The number of aromatic nitrogens is 2. The monoisotopic (exact) mass is 228 g/mol. The molecule has 2 rings (SSSR count). The van der Waals surface area contributed by atoms with Crippen molar-refractivity contribution in [2.24, 2.45) is 0 Å². The van der Waals surface area contributed by atoms with Gasteiger partial charge in [0.05, 0.1) is 12.1 Å². The lowest BCUT2D eigenvalue weighted by Gasteiger charge is -2.05. The van der Waals surface area contributed by atoms with Gasteiger partial charge in [0.25, 0.3) is 0 Å². The highest BCUT2D eigenvalue weighted by Gasteiger charge is 2.07. The fourth-order valence-corrected chi connectivity index (χ4v) is 1.54. The van der Waals surface area contributed by atoms with Crippen molar-refractivity contribution in [1.82, 2.24) is 9.97 Å². The Morgan fingerprint density at radius 1 is 1.29 bits per heavy atom. The summed E-state index contributed by atoms with van der Waals surface area (Å²) in [5, 5.41) is 1.49. The zero-order valence-electron chi connectivity index (χ0n) is 7.29. The van der Waals surface area contributed by atoms with Crippen LogP contribution in [0.2, 0.25) is 10.3 Å². The molecule has 0 aliphatic carbocycles. The van der Waals surface area contributed by atoms with Crippen LogP contribution in [0.5, 0.6) is 5.75 Å². The first-order chi connectivity index (χ1) is 6.72. The molecule has 0 fully saturated rings. The summed E-state index contributed by atoms with van der Waals surface area (Å²) < 4.78 is 5.13. The maximum atomic E-state index is 5.96. The van der Waals surface area contributed by atoms with Crippen molar-refractivity contribution < 1.29 is 4.74 Å².